The molecular formula is C26H27Cl2N3O3S. The maximum absolute atomic E-state index is 13.4. The second-order valence-corrected chi connectivity index (χ2v) is 10.1. The van der Waals surface area contributed by atoms with Crippen LogP contribution in [0, 0.1) is 0 Å². The van der Waals surface area contributed by atoms with E-state index in [0.717, 1.165) is 21.2 Å². The molecule has 1 atom stereocenters. The molecule has 184 valence electrons. The molecule has 1 unspecified atom stereocenters. The molecule has 0 saturated heterocycles. The van der Waals surface area contributed by atoms with Gasteiger partial charge in [0.1, 0.15) is 12.4 Å². The van der Waals surface area contributed by atoms with E-state index in [4.69, 9.17) is 37.7 Å². The van der Waals surface area contributed by atoms with Crippen LogP contribution in [0.5, 0.6) is 5.75 Å². The van der Waals surface area contributed by atoms with Crippen LogP contribution in [0.2, 0.25) is 10.0 Å². The molecule has 0 bridgehead atoms. The zero-order chi connectivity index (χ0) is 25.1. The quantitative estimate of drug-likeness (QED) is 0.376. The first-order valence-corrected chi connectivity index (χ1v) is 12.8. The number of hydrogen-bond donors (Lipinski definition) is 0. The SMILES string of the molecule is CCOc1ccccc1C1C(C(=O)OCCN(C)C)=C(C)N=C2SC(c3c(Cl)cccc3Cl)=CN21. The summed E-state index contributed by atoms with van der Waals surface area (Å²) in [5.74, 6) is 0.307. The smallest absolute Gasteiger partial charge is 0.338 e. The Morgan fingerprint density at radius 2 is 1.86 bits per heavy atom. The molecule has 0 N–H and O–H groups in total. The van der Waals surface area contributed by atoms with Crippen molar-refractivity contribution in [2.75, 3.05) is 33.9 Å². The summed E-state index contributed by atoms with van der Waals surface area (Å²) in [7, 11) is 3.87. The number of fused-ring (bicyclic) bond motifs is 1. The van der Waals surface area contributed by atoms with Crippen molar-refractivity contribution in [3.05, 3.63) is 81.1 Å². The van der Waals surface area contributed by atoms with E-state index in [0.29, 0.717) is 40.2 Å². The highest BCUT2D eigenvalue weighted by Crippen LogP contribution is 2.50. The number of likely N-dealkylation sites (N-methyl/N-ethyl adjacent to an activating group) is 1. The lowest BCUT2D eigenvalue weighted by molar-refractivity contribution is -0.140. The molecule has 0 spiro atoms. The highest BCUT2D eigenvalue weighted by molar-refractivity contribution is 8.22. The van der Waals surface area contributed by atoms with Gasteiger partial charge in [-0.25, -0.2) is 9.79 Å². The van der Waals surface area contributed by atoms with E-state index in [2.05, 4.69) is 0 Å². The first kappa shape index (κ1) is 25.6. The van der Waals surface area contributed by atoms with Crippen LogP contribution in [0.4, 0.5) is 0 Å². The minimum absolute atomic E-state index is 0.282. The summed E-state index contributed by atoms with van der Waals surface area (Å²) in [5.41, 5.74) is 2.67. The summed E-state index contributed by atoms with van der Waals surface area (Å²) in [6, 6.07) is 12.7. The molecule has 0 saturated carbocycles. The second kappa shape index (κ2) is 11.1. The number of amidine groups is 1. The van der Waals surface area contributed by atoms with Gasteiger partial charge in [0.15, 0.2) is 5.17 Å². The third-order valence-electron chi connectivity index (χ3n) is 5.60. The number of esters is 1. The third kappa shape index (κ3) is 5.38. The average molecular weight is 532 g/mol. The van der Waals surface area contributed by atoms with Crippen molar-refractivity contribution in [3.63, 3.8) is 0 Å². The molecule has 2 aliphatic rings. The molecule has 2 aromatic rings. The number of thioether (sulfide) groups is 1. The van der Waals surface area contributed by atoms with Gasteiger partial charge in [0.05, 0.1) is 34.0 Å². The van der Waals surface area contributed by atoms with E-state index in [1.165, 1.54) is 11.8 Å². The lowest BCUT2D eigenvalue weighted by atomic mass is 9.94. The topological polar surface area (TPSA) is 54.4 Å². The Labute approximate surface area is 220 Å². The number of aliphatic imine (C=N–C) groups is 1. The van der Waals surface area contributed by atoms with Crippen molar-refractivity contribution in [2.24, 2.45) is 4.99 Å². The predicted octanol–water partition coefficient (Wildman–Crippen LogP) is 6.23. The summed E-state index contributed by atoms with van der Waals surface area (Å²) >= 11 is 14.5. The summed E-state index contributed by atoms with van der Waals surface area (Å²) in [5, 5.41) is 1.83. The molecule has 0 aliphatic carbocycles. The highest BCUT2D eigenvalue weighted by atomic mass is 35.5. The van der Waals surface area contributed by atoms with Crippen LogP contribution in [0.25, 0.3) is 4.91 Å². The normalized spacial score (nSPS) is 17.3. The van der Waals surface area contributed by atoms with Crippen LogP contribution in [0.3, 0.4) is 0 Å². The fourth-order valence-corrected chi connectivity index (χ4v) is 5.81. The number of halogens is 2. The average Bonchev–Trinajstić information content (AvgIpc) is 3.21. The van der Waals surface area contributed by atoms with Crippen LogP contribution in [-0.4, -0.2) is 54.8 Å². The summed E-state index contributed by atoms with van der Waals surface area (Å²) in [4.78, 5) is 23.0. The van der Waals surface area contributed by atoms with Crippen molar-refractivity contribution in [3.8, 4) is 5.75 Å². The number of carbonyl (C=O) groups is 1. The Kier molecular flexibility index (Phi) is 8.12. The summed E-state index contributed by atoms with van der Waals surface area (Å²) in [6.45, 7) is 5.18. The lowest BCUT2D eigenvalue weighted by Gasteiger charge is -2.34. The van der Waals surface area contributed by atoms with Gasteiger partial charge in [0.2, 0.25) is 0 Å². The second-order valence-electron chi connectivity index (χ2n) is 8.31. The zero-order valence-corrected chi connectivity index (χ0v) is 22.4. The Morgan fingerprint density at radius 3 is 2.54 bits per heavy atom. The highest BCUT2D eigenvalue weighted by Gasteiger charge is 2.41. The Hall–Kier alpha value is -2.45. The monoisotopic (exact) mass is 531 g/mol. The Balaban J connectivity index is 1.81. The van der Waals surface area contributed by atoms with Crippen LogP contribution in [0.1, 0.15) is 31.0 Å². The van der Waals surface area contributed by atoms with Crippen molar-refractivity contribution in [2.45, 2.75) is 19.9 Å². The van der Waals surface area contributed by atoms with Crippen LogP contribution in [0.15, 0.2) is 64.9 Å². The van der Waals surface area contributed by atoms with Gasteiger partial charge >= 0.3 is 5.97 Å². The molecule has 35 heavy (non-hydrogen) atoms. The van der Waals surface area contributed by atoms with Crippen LogP contribution in [-0.2, 0) is 9.53 Å². The van der Waals surface area contributed by atoms with E-state index < -0.39 is 12.0 Å². The predicted molar refractivity (Wildman–Crippen MR) is 144 cm³/mol. The summed E-state index contributed by atoms with van der Waals surface area (Å²) < 4.78 is 11.6. The Morgan fingerprint density at radius 1 is 1.14 bits per heavy atom. The lowest BCUT2D eigenvalue weighted by Crippen LogP contribution is -2.35. The first-order valence-electron chi connectivity index (χ1n) is 11.3. The largest absolute Gasteiger partial charge is 0.494 e. The molecule has 0 amide bonds. The number of carbonyl (C=O) groups excluding carboxylic acids is 1. The number of rotatable bonds is 8. The molecule has 2 aromatic carbocycles. The number of para-hydroxylation sites is 1. The number of ether oxygens (including phenoxy) is 2. The minimum Gasteiger partial charge on any atom is -0.494 e. The van der Waals surface area contributed by atoms with E-state index in [1.54, 1.807) is 0 Å². The van der Waals surface area contributed by atoms with Gasteiger partial charge in [0.25, 0.3) is 0 Å². The van der Waals surface area contributed by atoms with Gasteiger partial charge in [-0.1, -0.05) is 47.5 Å². The van der Waals surface area contributed by atoms with Crippen molar-refractivity contribution in [1.29, 1.82) is 0 Å². The van der Waals surface area contributed by atoms with E-state index in [9.17, 15) is 4.79 Å². The van der Waals surface area contributed by atoms with Crippen molar-refractivity contribution < 1.29 is 14.3 Å². The van der Waals surface area contributed by atoms with Gasteiger partial charge in [-0.05, 0) is 57.9 Å². The molecule has 0 aromatic heterocycles. The van der Waals surface area contributed by atoms with Gasteiger partial charge in [0, 0.05) is 28.8 Å². The van der Waals surface area contributed by atoms with Gasteiger partial charge < -0.3 is 19.3 Å². The minimum atomic E-state index is -0.483. The first-order chi connectivity index (χ1) is 16.8. The maximum atomic E-state index is 13.4. The standard InChI is InChI=1S/C26H27Cl2N3O3S/c1-5-33-20-12-7-6-9-17(20)24-22(25(32)34-14-13-30(3)4)16(2)29-26-31(24)15-21(35-26)23-18(27)10-8-11-19(23)28/h6-12,15,24H,5,13-14H2,1-4H3. The molecule has 2 aliphatic heterocycles. The molecule has 4 rings (SSSR count). The molecule has 2 heterocycles. The van der Waals surface area contributed by atoms with Crippen molar-refractivity contribution >= 4 is 51.0 Å². The van der Waals surface area contributed by atoms with Gasteiger partial charge in [-0.3, -0.25) is 0 Å². The molecular weight excluding hydrogens is 505 g/mol. The van der Waals surface area contributed by atoms with Gasteiger partial charge in [-0.15, -0.1) is 0 Å². The van der Waals surface area contributed by atoms with Crippen LogP contribution >= 0.6 is 35.0 Å². The van der Waals surface area contributed by atoms with Crippen LogP contribution < -0.4 is 4.74 Å². The van der Waals surface area contributed by atoms with E-state index in [-0.39, 0.29) is 6.61 Å². The zero-order valence-electron chi connectivity index (χ0n) is 20.0. The molecule has 0 fully saturated rings. The molecule has 9 heteroatoms. The third-order valence-corrected chi connectivity index (χ3v) is 7.24. The van der Waals surface area contributed by atoms with E-state index in [1.807, 2.05) is 86.4 Å². The fourth-order valence-electron chi connectivity index (χ4n) is 3.97. The van der Waals surface area contributed by atoms with Gasteiger partial charge in [-0.2, -0.15) is 0 Å². The number of nitrogens with zero attached hydrogens (tertiary/aromatic N) is 3. The molecule has 6 nitrogen and oxygen atoms in total. The Bertz CT molecular complexity index is 1210. The maximum Gasteiger partial charge on any atom is 0.338 e. The van der Waals surface area contributed by atoms with Crippen molar-refractivity contribution in [1.82, 2.24) is 9.80 Å². The fraction of sp³-hybridized carbons (Fsp3) is 0.308. The molecule has 0 radical (unpaired) electrons. The number of allylic oxidation sites excluding steroid dienone is 1. The number of benzene rings is 2. The number of hydrogen-bond acceptors (Lipinski definition) is 7. The summed E-state index contributed by atoms with van der Waals surface area (Å²) in [6.07, 6.45) is 1.95. The van der Waals surface area contributed by atoms with E-state index >= 15 is 0 Å².